The molecule has 0 aliphatic heterocycles. The normalized spacial score (nSPS) is 10.5. The van der Waals surface area contributed by atoms with E-state index in [9.17, 15) is 0 Å². The third kappa shape index (κ3) is 2.48. The fourth-order valence-corrected chi connectivity index (χ4v) is 2.70. The van der Waals surface area contributed by atoms with Gasteiger partial charge in [-0.2, -0.15) is 5.48 Å². The van der Waals surface area contributed by atoms with E-state index in [1.54, 1.807) is 0 Å². The molecule has 0 spiro atoms. The van der Waals surface area contributed by atoms with E-state index in [0.29, 0.717) is 0 Å². The van der Waals surface area contributed by atoms with E-state index in [1.165, 1.54) is 5.56 Å². The fraction of sp³-hybridized carbons (Fsp3) is 0.167. The van der Waals surface area contributed by atoms with Crippen LogP contribution in [-0.4, -0.2) is 21.3 Å². The van der Waals surface area contributed by atoms with Gasteiger partial charge in [-0.3, -0.25) is 9.55 Å². The highest BCUT2D eigenvalue weighted by molar-refractivity contribution is 5.89. The Morgan fingerprint density at radius 1 is 1.23 bits per heavy atom. The summed E-state index contributed by atoms with van der Waals surface area (Å²) in [7, 11) is 0. The van der Waals surface area contributed by atoms with Crippen molar-refractivity contribution in [3.8, 4) is 23.2 Å². The highest BCUT2D eigenvalue weighted by Crippen LogP contribution is 2.31. The molecule has 0 atom stereocenters. The highest BCUT2D eigenvalue weighted by atomic mass is 16.5. The zero-order valence-electron chi connectivity index (χ0n) is 12.6. The Balaban J connectivity index is 2.30. The molecule has 110 valence electrons. The fourth-order valence-electron chi connectivity index (χ4n) is 2.70. The zero-order chi connectivity index (χ0) is 15.5. The number of nitrogens with zero attached hydrogens (tertiary/aromatic N) is 2. The summed E-state index contributed by atoms with van der Waals surface area (Å²) in [5, 5.41) is 9.84. The van der Waals surface area contributed by atoms with Gasteiger partial charge in [-0.15, -0.1) is 0 Å². The number of benzene rings is 1. The van der Waals surface area contributed by atoms with Crippen LogP contribution >= 0.6 is 0 Å². The van der Waals surface area contributed by atoms with Crippen molar-refractivity contribution in [3.63, 3.8) is 0 Å². The van der Waals surface area contributed by atoms with Crippen LogP contribution in [-0.2, 0) is 0 Å². The summed E-state index contributed by atoms with van der Waals surface area (Å²) in [6.07, 6.45) is 1.82. The van der Waals surface area contributed by atoms with Gasteiger partial charge in [-0.1, -0.05) is 24.1 Å². The first-order valence-electron chi connectivity index (χ1n) is 7.11. The van der Waals surface area contributed by atoms with Gasteiger partial charge in [-0.05, 0) is 37.6 Å². The van der Waals surface area contributed by atoms with Crippen LogP contribution in [0.2, 0.25) is 0 Å². The first-order chi connectivity index (χ1) is 10.7. The number of nitrogens with one attached hydrogen (secondary N) is 1. The third-order valence-corrected chi connectivity index (χ3v) is 3.67. The van der Waals surface area contributed by atoms with Crippen molar-refractivity contribution in [1.82, 2.24) is 15.0 Å². The molecular formula is C18H17N3O. The molecule has 1 aromatic carbocycles. The smallest absolute Gasteiger partial charge is 0.0837 e. The molecule has 3 aromatic rings. The van der Waals surface area contributed by atoms with Crippen molar-refractivity contribution in [2.45, 2.75) is 13.8 Å². The van der Waals surface area contributed by atoms with Crippen molar-refractivity contribution in [1.29, 1.82) is 0 Å². The summed E-state index contributed by atoms with van der Waals surface area (Å²) >= 11 is 0. The van der Waals surface area contributed by atoms with Crippen LogP contribution in [0.5, 0.6) is 0 Å². The van der Waals surface area contributed by atoms with E-state index in [4.69, 9.17) is 5.21 Å². The first-order valence-corrected chi connectivity index (χ1v) is 7.11. The lowest BCUT2D eigenvalue weighted by molar-refractivity contribution is 0.181. The molecule has 0 unspecified atom stereocenters. The summed E-state index contributed by atoms with van der Waals surface area (Å²) in [6.45, 7) is 4.30. The largest absolute Gasteiger partial charge is 0.316 e. The van der Waals surface area contributed by atoms with Gasteiger partial charge in [0.2, 0.25) is 0 Å². The standard InChI is InChI=1S/C18H17N3O/c1-13-8-10-19-14(2)18(13)17-12-15-6-3-4-7-16(15)21(17)11-5-9-20-22/h3-4,6-8,10,12,20,22H,9H2,1-2H3. The Morgan fingerprint density at radius 2 is 2.05 bits per heavy atom. The van der Waals surface area contributed by atoms with Gasteiger partial charge >= 0.3 is 0 Å². The zero-order valence-corrected chi connectivity index (χ0v) is 12.6. The number of para-hydroxylation sites is 1. The molecule has 0 aliphatic carbocycles. The summed E-state index contributed by atoms with van der Waals surface area (Å²) in [4.78, 5) is 4.41. The Labute approximate surface area is 129 Å². The minimum atomic E-state index is 0.219. The summed E-state index contributed by atoms with van der Waals surface area (Å²) in [5.41, 5.74) is 7.38. The number of hydrogen-bond donors (Lipinski definition) is 2. The van der Waals surface area contributed by atoms with Crippen LogP contribution in [0.15, 0.2) is 42.6 Å². The van der Waals surface area contributed by atoms with Gasteiger partial charge in [0.25, 0.3) is 0 Å². The maximum atomic E-state index is 8.71. The number of aryl methyl sites for hydroxylation is 2. The van der Waals surface area contributed by atoms with Crippen LogP contribution in [0, 0.1) is 25.8 Å². The van der Waals surface area contributed by atoms with Crippen molar-refractivity contribution in [2.75, 3.05) is 6.54 Å². The molecule has 2 heterocycles. The molecule has 0 amide bonds. The number of rotatable bonds is 2. The van der Waals surface area contributed by atoms with Crippen LogP contribution < -0.4 is 5.48 Å². The molecule has 2 aromatic heterocycles. The predicted molar refractivity (Wildman–Crippen MR) is 87.6 cm³/mol. The minimum Gasteiger partial charge on any atom is -0.316 e. The second-order valence-electron chi connectivity index (χ2n) is 5.14. The molecule has 0 aliphatic rings. The first kappa shape index (κ1) is 14.3. The minimum absolute atomic E-state index is 0.219. The number of hydrogen-bond acceptors (Lipinski definition) is 3. The van der Waals surface area contributed by atoms with Crippen molar-refractivity contribution in [3.05, 3.63) is 53.9 Å². The summed E-state index contributed by atoms with van der Waals surface area (Å²) in [6, 6.07) is 15.4. The molecule has 0 radical (unpaired) electrons. The monoisotopic (exact) mass is 291 g/mol. The van der Waals surface area contributed by atoms with E-state index >= 15 is 0 Å². The van der Waals surface area contributed by atoms with Crippen LogP contribution in [0.4, 0.5) is 0 Å². The Hall–Kier alpha value is -2.61. The van der Waals surface area contributed by atoms with Gasteiger partial charge in [0.05, 0.1) is 17.8 Å². The second-order valence-corrected chi connectivity index (χ2v) is 5.14. The van der Waals surface area contributed by atoms with E-state index in [2.05, 4.69) is 41.5 Å². The molecule has 3 rings (SSSR count). The van der Waals surface area contributed by atoms with E-state index < -0.39 is 0 Å². The summed E-state index contributed by atoms with van der Waals surface area (Å²) < 4.78 is 1.96. The van der Waals surface area contributed by atoms with Crippen molar-refractivity contribution in [2.24, 2.45) is 0 Å². The highest BCUT2D eigenvalue weighted by Gasteiger charge is 2.13. The van der Waals surface area contributed by atoms with E-state index in [-0.39, 0.29) is 6.54 Å². The molecule has 2 N–H and O–H groups in total. The number of hydroxylamine groups is 1. The van der Waals surface area contributed by atoms with Crippen LogP contribution in [0.25, 0.3) is 22.2 Å². The maximum Gasteiger partial charge on any atom is 0.0837 e. The van der Waals surface area contributed by atoms with Crippen molar-refractivity contribution >= 4 is 10.9 Å². The van der Waals surface area contributed by atoms with Crippen molar-refractivity contribution < 1.29 is 5.21 Å². The number of pyridine rings is 1. The van der Waals surface area contributed by atoms with Gasteiger partial charge in [-0.25, -0.2) is 0 Å². The van der Waals surface area contributed by atoms with Gasteiger partial charge < -0.3 is 5.21 Å². The van der Waals surface area contributed by atoms with Crippen LogP contribution in [0.1, 0.15) is 11.3 Å². The number of fused-ring (bicyclic) bond motifs is 1. The van der Waals surface area contributed by atoms with E-state index in [1.807, 2.05) is 42.0 Å². The molecule has 4 nitrogen and oxygen atoms in total. The Kier molecular flexibility index (Phi) is 3.92. The molecule has 0 saturated heterocycles. The topological polar surface area (TPSA) is 50.1 Å². The average Bonchev–Trinajstić information content (AvgIpc) is 2.86. The quantitative estimate of drug-likeness (QED) is 0.563. The molecule has 0 fully saturated rings. The molecule has 0 saturated carbocycles. The lowest BCUT2D eigenvalue weighted by atomic mass is 10.0. The average molecular weight is 291 g/mol. The van der Waals surface area contributed by atoms with E-state index in [0.717, 1.165) is 27.9 Å². The number of aromatic nitrogens is 2. The molecule has 22 heavy (non-hydrogen) atoms. The van der Waals surface area contributed by atoms with Gasteiger partial charge in [0.1, 0.15) is 0 Å². The Bertz CT molecular complexity index is 864. The lowest BCUT2D eigenvalue weighted by Gasteiger charge is -2.09. The third-order valence-electron chi connectivity index (χ3n) is 3.67. The predicted octanol–water partition coefficient (Wildman–Crippen LogP) is 3.11. The maximum absolute atomic E-state index is 8.71. The Morgan fingerprint density at radius 3 is 2.82 bits per heavy atom. The SMILES string of the molecule is Cc1ccnc(C)c1-c1cc2ccccc2n1C#CCNO. The molecule has 4 heteroatoms. The molecule has 0 bridgehead atoms. The second kappa shape index (κ2) is 6.02. The van der Waals surface area contributed by atoms with Gasteiger partial charge in [0, 0.05) is 28.9 Å². The van der Waals surface area contributed by atoms with Crippen LogP contribution in [0.3, 0.4) is 0 Å². The summed E-state index contributed by atoms with van der Waals surface area (Å²) in [5.74, 6) is 2.91. The molecular weight excluding hydrogens is 274 g/mol. The van der Waals surface area contributed by atoms with Gasteiger partial charge in [0.15, 0.2) is 0 Å². The lowest BCUT2D eigenvalue weighted by Crippen LogP contribution is -2.06.